The maximum atomic E-state index is 14.6. The van der Waals surface area contributed by atoms with Crippen molar-refractivity contribution in [2.75, 3.05) is 23.3 Å². The summed E-state index contributed by atoms with van der Waals surface area (Å²) < 4.78 is 76.3. The Morgan fingerprint density at radius 1 is 1.06 bits per heavy atom. The Morgan fingerprint density at radius 2 is 1.73 bits per heavy atom. The second-order valence-corrected chi connectivity index (χ2v) is 15.6. The molecular formula is C37H40BrF3N4O6S. The normalized spacial score (nSPS) is 18.2. The predicted molar refractivity (Wildman–Crippen MR) is 194 cm³/mol. The van der Waals surface area contributed by atoms with Crippen molar-refractivity contribution in [3.8, 4) is 6.07 Å². The van der Waals surface area contributed by atoms with E-state index in [1.807, 2.05) is 50.8 Å². The summed E-state index contributed by atoms with van der Waals surface area (Å²) in [5, 5.41) is 12.5. The number of hydrogen-bond acceptors (Lipinski definition) is 7. The van der Waals surface area contributed by atoms with Gasteiger partial charge in [-0.2, -0.15) is 26.9 Å². The van der Waals surface area contributed by atoms with E-state index in [2.05, 4.69) is 21.2 Å². The summed E-state index contributed by atoms with van der Waals surface area (Å²) in [4.78, 5) is 42.2. The molecule has 10 nitrogen and oxygen atoms in total. The number of fused-ring (bicyclic) bond motifs is 1. The molecule has 0 fully saturated rings. The Balaban J connectivity index is 1.70. The van der Waals surface area contributed by atoms with Crippen LogP contribution in [0.1, 0.15) is 71.8 Å². The van der Waals surface area contributed by atoms with Gasteiger partial charge in [0.1, 0.15) is 11.6 Å². The highest BCUT2D eigenvalue weighted by Gasteiger charge is 2.49. The summed E-state index contributed by atoms with van der Waals surface area (Å²) >= 11 is 3.49. The molecule has 15 heteroatoms. The van der Waals surface area contributed by atoms with Crippen LogP contribution in [0.2, 0.25) is 0 Å². The predicted octanol–water partition coefficient (Wildman–Crippen LogP) is 7.99. The summed E-state index contributed by atoms with van der Waals surface area (Å²) in [6.07, 6.45) is 0.539. The fraction of sp³-hybridized carbons (Fsp3) is 0.405. The first-order valence-electron chi connectivity index (χ1n) is 16.8. The lowest BCUT2D eigenvalue weighted by atomic mass is 9.83. The lowest BCUT2D eigenvalue weighted by Crippen LogP contribution is -2.47. The Labute approximate surface area is 309 Å². The quantitative estimate of drug-likeness (QED) is 0.118. The average molecular weight is 806 g/mol. The van der Waals surface area contributed by atoms with Gasteiger partial charge in [0.25, 0.3) is 21.9 Å². The van der Waals surface area contributed by atoms with E-state index < -0.39 is 50.2 Å². The monoisotopic (exact) mass is 804 g/mol. The number of imide groups is 1. The summed E-state index contributed by atoms with van der Waals surface area (Å²) in [5.41, 5.74) is -1.85. The van der Waals surface area contributed by atoms with Gasteiger partial charge in [-0.15, -0.1) is 0 Å². The van der Waals surface area contributed by atoms with Crippen LogP contribution < -0.4 is 10.2 Å². The van der Waals surface area contributed by atoms with Crippen molar-refractivity contribution < 1.29 is 40.5 Å². The molecule has 4 rings (SSSR count). The molecule has 0 radical (unpaired) electrons. The van der Waals surface area contributed by atoms with Crippen LogP contribution in [-0.4, -0.2) is 54.9 Å². The molecule has 0 aromatic heterocycles. The van der Waals surface area contributed by atoms with Crippen molar-refractivity contribution >= 4 is 55.1 Å². The summed E-state index contributed by atoms with van der Waals surface area (Å²) in [5.74, 6) is -2.91. The van der Waals surface area contributed by atoms with E-state index in [-0.39, 0.29) is 42.7 Å². The lowest BCUT2D eigenvalue weighted by molar-refractivity contribution is -0.144. The van der Waals surface area contributed by atoms with Gasteiger partial charge in [0.2, 0.25) is 5.91 Å². The molecule has 278 valence electrons. The smallest absolute Gasteiger partial charge is 0.344 e. The molecular weight excluding hydrogens is 765 g/mol. The molecule has 2 aliphatic heterocycles. The number of nitrogens with one attached hydrogen (secondary N) is 1. The molecule has 2 aromatic rings. The van der Waals surface area contributed by atoms with E-state index in [1.54, 1.807) is 0 Å². The fourth-order valence-electron chi connectivity index (χ4n) is 6.50. The number of hydrogen-bond donors (Lipinski definition) is 2. The number of carbonyl (C=O) groups is 3. The highest BCUT2D eigenvalue weighted by Crippen LogP contribution is 2.49. The number of nitrogens with zero attached hydrogens (tertiary/aromatic N) is 3. The third-order valence-electron chi connectivity index (χ3n) is 9.32. The minimum Gasteiger partial charge on any atom is -0.344 e. The van der Waals surface area contributed by atoms with Crippen molar-refractivity contribution in [2.24, 2.45) is 5.92 Å². The number of unbranched alkanes of at least 4 members (excludes halogenated alkanes) is 1. The molecule has 3 amide bonds. The van der Waals surface area contributed by atoms with Crippen LogP contribution in [0.5, 0.6) is 0 Å². The molecule has 2 aliphatic rings. The largest absolute Gasteiger partial charge is 0.418 e. The molecule has 0 aliphatic carbocycles. The zero-order valence-corrected chi connectivity index (χ0v) is 31.6. The number of nitriles is 1. The molecule has 0 spiro atoms. The van der Waals surface area contributed by atoms with Crippen LogP contribution in [0.15, 0.2) is 86.4 Å². The van der Waals surface area contributed by atoms with E-state index >= 15 is 0 Å². The highest BCUT2D eigenvalue weighted by molar-refractivity contribution is 9.10. The van der Waals surface area contributed by atoms with E-state index in [1.165, 1.54) is 24.3 Å². The molecule has 0 saturated heterocycles. The van der Waals surface area contributed by atoms with Crippen molar-refractivity contribution in [1.29, 1.82) is 5.26 Å². The number of benzene rings is 2. The van der Waals surface area contributed by atoms with Crippen LogP contribution in [0, 0.1) is 17.2 Å². The standard InChI is InChI=1S/C37H40BrF3N4O6S/c1-5-7-9-23(6-2)22-45-34(47)27(33(37(39,40)41)28(21-42)35(45)48)16-18-31-36(3,4)29-20-24(38)11-17-30(29)44(31)19-8-10-32(46)43-25-12-14-26(15-13-25)52(49,50)51/h11-18,20,23H,5-10,19,22H2,1-4H3,(H,43,46)(H,49,50,51)/b27-16-,31-18+. The Morgan fingerprint density at radius 3 is 2.31 bits per heavy atom. The van der Waals surface area contributed by atoms with Gasteiger partial charge in [-0.1, -0.05) is 62.9 Å². The SMILES string of the molecule is CCCCC(CC)CN1C(=O)C(C#N)=C(C(F)(F)F)/C(=C/C=C2/N(CCCC(=O)Nc3ccc(S(=O)(=O)O)cc3)c3ccc(Br)cc3C2(C)C)C1=O. The van der Waals surface area contributed by atoms with Crippen molar-refractivity contribution in [3.05, 3.63) is 87.1 Å². The Kier molecular flexibility index (Phi) is 12.6. The molecule has 2 N–H and O–H groups in total. The van der Waals surface area contributed by atoms with Crippen LogP contribution >= 0.6 is 15.9 Å². The van der Waals surface area contributed by atoms with Gasteiger partial charge >= 0.3 is 6.18 Å². The first-order chi connectivity index (χ1) is 24.3. The third-order valence-corrected chi connectivity index (χ3v) is 10.7. The van der Waals surface area contributed by atoms with Crippen LogP contribution in [-0.2, 0) is 29.9 Å². The Bertz CT molecular complexity index is 1980. The maximum absolute atomic E-state index is 14.6. The van der Waals surface area contributed by atoms with Gasteiger partial charge < -0.3 is 10.2 Å². The summed E-state index contributed by atoms with van der Waals surface area (Å²) in [6.45, 7) is 7.77. The van der Waals surface area contributed by atoms with E-state index in [0.717, 1.165) is 51.7 Å². The number of amides is 3. The van der Waals surface area contributed by atoms with Crippen molar-refractivity contribution in [3.63, 3.8) is 0 Å². The molecule has 52 heavy (non-hydrogen) atoms. The van der Waals surface area contributed by atoms with E-state index in [0.29, 0.717) is 24.2 Å². The van der Waals surface area contributed by atoms with Gasteiger partial charge in [0, 0.05) is 46.5 Å². The summed E-state index contributed by atoms with van der Waals surface area (Å²) in [6, 6.07) is 11.9. The number of alkyl halides is 3. The average Bonchev–Trinajstić information content (AvgIpc) is 3.27. The van der Waals surface area contributed by atoms with Crippen molar-refractivity contribution in [1.82, 2.24) is 4.90 Å². The van der Waals surface area contributed by atoms with E-state index in [9.17, 15) is 45.8 Å². The molecule has 1 unspecified atom stereocenters. The van der Waals surface area contributed by atoms with E-state index in [4.69, 9.17) is 0 Å². The van der Waals surface area contributed by atoms with Crippen LogP contribution in [0.4, 0.5) is 24.5 Å². The molecule has 2 heterocycles. The zero-order chi connectivity index (χ0) is 38.6. The van der Waals surface area contributed by atoms with Gasteiger partial charge in [-0.3, -0.25) is 23.8 Å². The summed E-state index contributed by atoms with van der Waals surface area (Å²) in [7, 11) is -4.40. The van der Waals surface area contributed by atoms with Gasteiger partial charge in [-0.25, -0.2) is 0 Å². The molecule has 2 aromatic carbocycles. The third kappa shape index (κ3) is 8.85. The first kappa shape index (κ1) is 40.5. The Hall–Kier alpha value is -4.26. The minimum absolute atomic E-state index is 0.0237. The number of anilines is 2. The van der Waals surface area contributed by atoms with Gasteiger partial charge in [0.15, 0.2) is 0 Å². The fourth-order valence-corrected chi connectivity index (χ4v) is 7.34. The number of halogens is 4. The number of carbonyl (C=O) groups excluding carboxylic acids is 3. The molecule has 1 atom stereocenters. The van der Waals surface area contributed by atoms with Crippen molar-refractivity contribution in [2.45, 2.75) is 82.7 Å². The number of allylic oxidation sites excluding steroid dienone is 3. The molecule has 0 bridgehead atoms. The maximum Gasteiger partial charge on any atom is 0.418 e. The minimum atomic E-state index is -5.17. The second kappa shape index (κ2) is 16.2. The van der Waals surface area contributed by atoms with Gasteiger partial charge in [0.05, 0.1) is 16.0 Å². The number of rotatable bonds is 13. The first-order valence-corrected chi connectivity index (χ1v) is 19.0. The van der Waals surface area contributed by atoms with Crippen LogP contribution in [0.25, 0.3) is 0 Å². The highest BCUT2D eigenvalue weighted by atomic mass is 79.9. The zero-order valence-electron chi connectivity index (χ0n) is 29.2. The van der Waals surface area contributed by atoms with Gasteiger partial charge in [-0.05, 0) is 78.9 Å². The lowest BCUT2D eigenvalue weighted by Gasteiger charge is -2.32. The van der Waals surface area contributed by atoms with Crippen LogP contribution in [0.3, 0.4) is 0 Å². The molecule has 0 saturated carbocycles. The second-order valence-electron chi connectivity index (χ2n) is 13.2. The topological polar surface area (TPSA) is 148 Å².